The van der Waals surface area contributed by atoms with Gasteiger partial charge in [0.05, 0.1) is 18.1 Å². The summed E-state index contributed by atoms with van der Waals surface area (Å²) in [5, 5.41) is 3.35. The number of rotatable bonds is 4. The molecule has 0 fully saturated rings. The van der Waals surface area contributed by atoms with Crippen LogP contribution < -0.4 is 5.32 Å². The van der Waals surface area contributed by atoms with Gasteiger partial charge >= 0.3 is 0 Å². The molecule has 0 aliphatic heterocycles. The molecule has 0 aliphatic carbocycles. The first-order valence-electron chi connectivity index (χ1n) is 4.70. The molecular weight excluding hydrogens is 162 g/mol. The van der Waals surface area contributed by atoms with Crippen molar-refractivity contribution < 1.29 is 0 Å². The molecule has 1 heterocycles. The van der Waals surface area contributed by atoms with Gasteiger partial charge in [-0.05, 0) is 19.3 Å². The van der Waals surface area contributed by atoms with Crippen LogP contribution in [0, 0.1) is 5.92 Å². The monoisotopic (exact) mass is 179 g/mol. The van der Waals surface area contributed by atoms with Crippen molar-refractivity contribution in [3.05, 3.63) is 18.7 Å². The highest BCUT2D eigenvalue weighted by atomic mass is 15.0. The summed E-state index contributed by atoms with van der Waals surface area (Å²) >= 11 is 0. The zero-order valence-corrected chi connectivity index (χ0v) is 8.49. The van der Waals surface area contributed by atoms with Crippen molar-refractivity contribution in [3.63, 3.8) is 0 Å². The average Bonchev–Trinajstić information content (AvgIpc) is 2.04. The fourth-order valence-corrected chi connectivity index (χ4v) is 1.42. The summed E-state index contributed by atoms with van der Waals surface area (Å²) in [5.41, 5.74) is 0.996. The van der Waals surface area contributed by atoms with E-state index in [1.807, 2.05) is 0 Å². The molecule has 1 rings (SSSR count). The van der Waals surface area contributed by atoms with Crippen molar-refractivity contribution in [1.82, 2.24) is 9.97 Å². The number of nitrogens with zero attached hydrogens (tertiary/aromatic N) is 2. The lowest BCUT2D eigenvalue weighted by Crippen LogP contribution is -2.17. The molecule has 3 nitrogen and oxygen atoms in total. The van der Waals surface area contributed by atoms with E-state index >= 15 is 0 Å². The van der Waals surface area contributed by atoms with Crippen LogP contribution >= 0.6 is 0 Å². The number of hydrogen-bond acceptors (Lipinski definition) is 3. The van der Waals surface area contributed by atoms with E-state index in [9.17, 15) is 0 Å². The molecule has 1 aromatic heterocycles. The van der Waals surface area contributed by atoms with Crippen LogP contribution in [0.15, 0.2) is 18.7 Å². The van der Waals surface area contributed by atoms with Gasteiger partial charge in [-0.15, -0.1) is 0 Å². The summed E-state index contributed by atoms with van der Waals surface area (Å²) in [6, 6.07) is 0.478. The Morgan fingerprint density at radius 3 is 2.38 bits per heavy atom. The van der Waals surface area contributed by atoms with Crippen molar-refractivity contribution >= 4 is 5.69 Å². The molecule has 0 aromatic carbocycles. The summed E-state index contributed by atoms with van der Waals surface area (Å²) in [4.78, 5) is 7.89. The number of hydrogen-bond donors (Lipinski definition) is 1. The molecule has 0 saturated heterocycles. The van der Waals surface area contributed by atoms with Crippen LogP contribution in [0.3, 0.4) is 0 Å². The minimum absolute atomic E-state index is 0.478. The largest absolute Gasteiger partial charge is 0.380 e. The van der Waals surface area contributed by atoms with E-state index in [2.05, 4.69) is 36.1 Å². The van der Waals surface area contributed by atoms with Crippen molar-refractivity contribution in [2.75, 3.05) is 5.32 Å². The Morgan fingerprint density at radius 2 is 1.85 bits per heavy atom. The second-order valence-electron chi connectivity index (χ2n) is 3.80. The number of aromatic nitrogens is 2. The molecule has 0 spiro atoms. The highest BCUT2D eigenvalue weighted by Gasteiger charge is 2.04. The molecular formula is C10H17N3. The molecule has 1 aromatic rings. The quantitative estimate of drug-likeness (QED) is 0.770. The van der Waals surface area contributed by atoms with Gasteiger partial charge in [-0.3, -0.25) is 0 Å². The van der Waals surface area contributed by atoms with Gasteiger partial charge in [0, 0.05) is 6.04 Å². The van der Waals surface area contributed by atoms with E-state index in [0.29, 0.717) is 12.0 Å². The number of anilines is 1. The SMILES string of the molecule is CC(C)CC(C)Nc1cncnc1. The lowest BCUT2D eigenvalue weighted by molar-refractivity contribution is 0.539. The van der Waals surface area contributed by atoms with Crippen molar-refractivity contribution in [2.24, 2.45) is 5.92 Å². The first-order chi connectivity index (χ1) is 6.18. The molecule has 0 bridgehead atoms. The Kier molecular flexibility index (Phi) is 3.68. The third-order valence-corrected chi connectivity index (χ3v) is 1.80. The summed E-state index contributed by atoms with van der Waals surface area (Å²) in [5.74, 6) is 0.715. The molecule has 72 valence electrons. The summed E-state index contributed by atoms with van der Waals surface area (Å²) in [7, 11) is 0. The predicted octanol–water partition coefficient (Wildman–Crippen LogP) is 2.32. The maximum absolute atomic E-state index is 3.94. The van der Waals surface area contributed by atoms with Gasteiger partial charge in [0.1, 0.15) is 6.33 Å². The standard InChI is InChI=1S/C10H17N3/c1-8(2)4-9(3)13-10-5-11-7-12-6-10/h5-9,13H,4H2,1-3H3. The number of nitrogens with one attached hydrogen (secondary N) is 1. The van der Waals surface area contributed by atoms with Crippen LogP contribution in [0.5, 0.6) is 0 Å². The Bertz CT molecular complexity index is 233. The molecule has 1 N–H and O–H groups in total. The fourth-order valence-electron chi connectivity index (χ4n) is 1.42. The molecule has 3 heteroatoms. The third-order valence-electron chi connectivity index (χ3n) is 1.80. The van der Waals surface area contributed by atoms with E-state index < -0.39 is 0 Å². The third kappa shape index (κ3) is 3.87. The Labute approximate surface area is 79.6 Å². The van der Waals surface area contributed by atoms with Gasteiger partial charge in [-0.1, -0.05) is 13.8 Å². The van der Waals surface area contributed by atoms with Gasteiger partial charge < -0.3 is 5.32 Å². The van der Waals surface area contributed by atoms with Crippen LogP contribution in [0.2, 0.25) is 0 Å². The highest BCUT2D eigenvalue weighted by Crippen LogP contribution is 2.09. The second kappa shape index (κ2) is 4.80. The first kappa shape index (κ1) is 9.96. The van der Waals surface area contributed by atoms with E-state index in [-0.39, 0.29) is 0 Å². The van der Waals surface area contributed by atoms with Crippen LogP contribution in [-0.4, -0.2) is 16.0 Å². The maximum Gasteiger partial charge on any atom is 0.115 e. The average molecular weight is 179 g/mol. The minimum Gasteiger partial charge on any atom is -0.380 e. The molecule has 0 saturated carbocycles. The van der Waals surface area contributed by atoms with Crippen LogP contribution in [0.25, 0.3) is 0 Å². The fraction of sp³-hybridized carbons (Fsp3) is 0.600. The Morgan fingerprint density at radius 1 is 1.23 bits per heavy atom. The van der Waals surface area contributed by atoms with Gasteiger partial charge in [0.2, 0.25) is 0 Å². The molecule has 1 atom stereocenters. The van der Waals surface area contributed by atoms with Gasteiger partial charge in [0.25, 0.3) is 0 Å². The smallest absolute Gasteiger partial charge is 0.115 e. The summed E-state index contributed by atoms with van der Waals surface area (Å²) in [6.07, 6.45) is 6.29. The topological polar surface area (TPSA) is 37.8 Å². The molecule has 0 aliphatic rings. The zero-order valence-electron chi connectivity index (χ0n) is 8.49. The van der Waals surface area contributed by atoms with Crippen LogP contribution in [-0.2, 0) is 0 Å². The highest BCUT2D eigenvalue weighted by molar-refractivity contribution is 5.37. The molecule has 0 amide bonds. The minimum atomic E-state index is 0.478. The van der Waals surface area contributed by atoms with Gasteiger partial charge in [-0.25, -0.2) is 9.97 Å². The maximum atomic E-state index is 3.94. The van der Waals surface area contributed by atoms with Crippen LogP contribution in [0.4, 0.5) is 5.69 Å². The van der Waals surface area contributed by atoms with E-state index in [4.69, 9.17) is 0 Å². The molecule has 13 heavy (non-hydrogen) atoms. The normalized spacial score (nSPS) is 12.9. The lowest BCUT2D eigenvalue weighted by Gasteiger charge is -2.16. The van der Waals surface area contributed by atoms with Gasteiger partial charge in [0.15, 0.2) is 0 Å². The first-order valence-corrected chi connectivity index (χ1v) is 4.70. The van der Waals surface area contributed by atoms with E-state index in [0.717, 1.165) is 12.1 Å². The summed E-state index contributed by atoms with van der Waals surface area (Å²) < 4.78 is 0. The van der Waals surface area contributed by atoms with Crippen molar-refractivity contribution in [3.8, 4) is 0 Å². The second-order valence-corrected chi connectivity index (χ2v) is 3.80. The Hall–Kier alpha value is -1.12. The van der Waals surface area contributed by atoms with Gasteiger partial charge in [-0.2, -0.15) is 0 Å². The Balaban J connectivity index is 2.41. The predicted molar refractivity (Wildman–Crippen MR) is 54.6 cm³/mol. The van der Waals surface area contributed by atoms with Crippen molar-refractivity contribution in [1.29, 1.82) is 0 Å². The zero-order chi connectivity index (χ0) is 9.68. The molecule has 0 radical (unpaired) electrons. The molecule has 1 unspecified atom stereocenters. The van der Waals surface area contributed by atoms with Crippen molar-refractivity contribution in [2.45, 2.75) is 33.2 Å². The van der Waals surface area contributed by atoms with Crippen LogP contribution in [0.1, 0.15) is 27.2 Å². The van der Waals surface area contributed by atoms with E-state index in [1.54, 1.807) is 12.4 Å². The van der Waals surface area contributed by atoms with E-state index in [1.165, 1.54) is 6.33 Å². The summed E-state index contributed by atoms with van der Waals surface area (Å²) in [6.45, 7) is 6.62. The lowest BCUT2D eigenvalue weighted by atomic mass is 10.1.